The van der Waals surface area contributed by atoms with E-state index in [1.165, 1.54) is 12.8 Å². The molecule has 2 rings (SSSR count). The number of rotatable bonds is 3. The highest BCUT2D eigenvalue weighted by molar-refractivity contribution is 7.77. The van der Waals surface area contributed by atoms with Crippen molar-refractivity contribution >= 4 is 30.1 Å². The number of nitrogens with one attached hydrogen (secondary N) is 1. The van der Waals surface area contributed by atoms with Crippen LogP contribution in [-0.2, 0) is 0 Å². The van der Waals surface area contributed by atoms with E-state index in [1.54, 1.807) is 6.07 Å². The number of thiol groups is 1. The van der Waals surface area contributed by atoms with Gasteiger partial charge in [0.15, 0.2) is 0 Å². The van der Waals surface area contributed by atoms with Crippen LogP contribution >= 0.6 is 24.4 Å². The van der Waals surface area contributed by atoms with Crippen LogP contribution < -0.4 is 5.32 Å². The van der Waals surface area contributed by atoms with Gasteiger partial charge in [-0.1, -0.05) is 24.4 Å². The molecule has 18 heavy (non-hydrogen) atoms. The smallest absolute Gasteiger partial charge is 0.101 e. The average molecular weight is 282 g/mol. The average Bonchev–Trinajstić information content (AvgIpc) is 2.77. The van der Waals surface area contributed by atoms with Gasteiger partial charge in [0.2, 0.25) is 0 Å². The van der Waals surface area contributed by atoms with E-state index < -0.39 is 0 Å². The summed E-state index contributed by atoms with van der Waals surface area (Å²) >= 11 is 10.6. The van der Waals surface area contributed by atoms with Gasteiger partial charge in [-0.05, 0) is 37.5 Å². The first-order valence-corrected chi connectivity index (χ1v) is 6.80. The van der Waals surface area contributed by atoms with E-state index in [1.807, 2.05) is 13.0 Å². The minimum Gasteiger partial charge on any atom is -0.383 e. The van der Waals surface area contributed by atoms with Crippen LogP contribution in [0, 0.1) is 18.3 Å². The summed E-state index contributed by atoms with van der Waals surface area (Å²) in [6.45, 7) is 3.83. The zero-order valence-electron chi connectivity index (χ0n) is 10.3. The molecule has 0 bridgehead atoms. The van der Waals surface area contributed by atoms with Gasteiger partial charge < -0.3 is 5.32 Å². The van der Waals surface area contributed by atoms with Gasteiger partial charge in [-0.25, -0.2) is 4.31 Å². The van der Waals surface area contributed by atoms with Gasteiger partial charge in [-0.3, -0.25) is 0 Å². The molecule has 0 aliphatic carbocycles. The predicted octanol–water partition coefficient (Wildman–Crippen LogP) is 3.24. The summed E-state index contributed by atoms with van der Waals surface area (Å²) in [4.78, 5) is 0. The fourth-order valence-corrected chi connectivity index (χ4v) is 2.76. The van der Waals surface area contributed by atoms with Crippen LogP contribution in [0.25, 0.3) is 0 Å². The lowest BCUT2D eigenvalue weighted by Crippen LogP contribution is -2.28. The molecule has 5 heteroatoms. The lowest BCUT2D eigenvalue weighted by molar-refractivity contribution is 0.458. The molecule has 1 unspecified atom stereocenters. The van der Waals surface area contributed by atoms with E-state index in [0.29, 0.717) is 16.6 Å². The lowest BCUT2D eigenvalue weighted by atomic mass is 10.1. The van der Waals surface area contributed by atoms with E-state index in [9.17, 15) is 0 Å². The zero-order chi connectivity index (χ0) is 13.1. The summed E-state index contributed by atoms with van der Waals surface area (Å²) in [5, 5.41) is 12.8. The molecule has 1 aromatic carbocycles. The number of hydrogen-bond donors (Lipinski definition) is 2. The molecule has 1 atom stereocenters. The van der Waals surface area contributed by atoms with Crippen LogP contribution in [0.4, 0.5) is 5.69 Å². The van der Waals surface area contributed by atoms with Gasteiger partial charge in [0, 0.05) is 24.8 Å². The standard InChI is InChI=1S/C13H16ClN3S/c1-9-12(5-4-10(7-15)13(9)14)16-8-11-3-2-6-17(11)18/h4-5,11,16,18H,2-3,6,8H2,1H3. The quantitative estimate of drug-likeness (QED) is 0.836. The molecule has 1 N–H and O–H groups in total. The van der Waals surface area contributed by atoms with E-state index in [-0.39, 0.29) is 0 Å². The molecule has 1 fully saturated rings. The molecule has 0 spiro atoms. The molecule has 1 saturated heterocycles. The Hall–Kier alpha value is -0.890. The number of nitrogens with zero attached hydrogens (tertiary/aromatic N) is 2. The molecule has 1 aliphatic rings. The molecule has 1 heterocycles. The molecular formula is C13H16ClN3S. The van der Waals surface area contributed by atoms with Gasteiger partial charge in [0.1, 0.15) is 6.07 Å². The van der Waals surface area contributed by atoms with Crippen LogP contribution in [0.15, 0.2) is 12.1 Å². The van der Waals surface area contributed by atoms with Gasteiger partial charge >= 0.3 is 0 Å². The molecule has 0 aromatic heterocycles. The first kappa shape index (κ1) is 13.5. The second-order valence-electron chi connectivity index (χ2n) is 4.55. The van der Waals surface area contributed by atoms with Crippen molar-refractivity contribution in [2.75, 3.05) is 18.4 Å². The van der Waals surface area contributed by atoms with Crippen molar-refractivity contribution in [2.24, 2.45) is 0 Å². The Morgan fingerprint density at radius 1 is 1.61 bits per heavy atom. The Balaban J connectivity index is 2.06. The van der Waals surface area contributed by atoms with Crippen molar-refractivity contribution in [1.82, 2.24) is 4.31 Å². The van der Waals surface area contributed by atoms with Gasteiger partial charge in [-0.2, -0.15) is 5.26 Å². The SMILES string of the molecule is Cc1c(NCC2CCCN2S)ccc(C#N)c1Cl. The lowest BCUT2D eigenvalue weighted by Gasteiger charge is -2.20. The maximum atomic E-state index is 8.90. The number of hydrogen-bond acceptors (Lipinski definition) is 4. The third kappa shape index (κ3) is 2.74. The Labute approximate surface area is 118 Å². The maximum Gasteiger partial charge on any atom is 0.101 e. The van der Waals surface area contributed by atoms with Crippen LogP contribution in [0.2, 0.25) is 5.02 Å². The highest BCUT2D eigenvalue weighted by Gasteiger charge is 2.21. The summed E-state index contributed by atoms with van der Waals surface area (Å²) in [7, 11) is 0. The first-order chi connectivity index (χ1) is 8.63. The zero-order valence-corrected chi connectivity index (χ0v) is 11.9. The molecular weight excluding hydrogens is 266 g/mol. The predicted molar refractivity (Wildman–Crippen MR) is 78.1 cm³/mol. The molecule has 1 aliphatic heterocycles. The number of anilines is 1. The van der Waals surface area contributed by atoms with Crippen molar-refractivity contribution < 1.29 is 0 Å². The minimum absolute atomic E-state index is 0.460. The van der Waals surface area contributed by atoms with Gasteiger partial charge in [-0.15, -0.1) is 0 Å². The van der Waals surface area contributed by atoms with E-state index in [0.717, 1.165) is 24.3 Å². The largest absolute Gasteiger partial charge is 0.383 e. The van der Waals surface area contributed by atoms with Crippen molar-refractivity contribution in [3.63, 3.8) is 0 Å². The summed E-state index contributed by atoms with van der Waals surface area (Å²) < 4.78 is 2.08. The summed E-state index contributed by atoms with van der Waals surface area (Å²) in [6, 6.07) is 6.22. The molecule has 0 amide bonds. The molecule has 0 saturated carbocycles. The van der Waals surface area contributed by atoms with Crippen LogP contribution in [0.3, 0.4) is 0 Å². The molecule has 96 valence electrons. The third-order valence-electron chi connectivity index (χ3n) is 3.38. The first-order valence-electron chi connectivity index (χ1n) is 6.02. The van der Waals surface area contributed by atoms with E-state index in [4.69, 9.17) is 16.9 Å². The Bertz CT molecular complexity index is 484. The monoisotopic (exact) mass is 281 g/mol. The van der Waals surface area contributed by atoms with Crippen LogP contribution in [-0.4, -0.2) is 23.4 Å². The summed E-state index contributed by atoms with van der Waals surface area (Å²) in [6.07, 6.45) is 2.36. The third-order valence-corrected chi connectivity index (χ3v) is 4.39. The van der Waals surface area contributed by atoms with Gasteiger partial charge in [0.05, 0.1) is 10.6 Å². The van der Waals surface area contributed by atoms with Crippen molar-refractivity contribution in [2.45, 2.75) is 25.8 Å². The molecule has 1 aromatic rings. The Morgan fingerprint density at radius 3 is 3.00 bits per heavy atom. The minimum atomic E-state index is 0.460. The number of nitriles is 1. The highest BCUT2D eigenvalue weighted by Crippen LogP contribution is 2.27. The second kappa shape index (κ2) is 5.83. The fourth-order valence-electron chi connectivity index (χ4n) is 2.22. The van der Waals surface area contributed by atoms with Crippen molar-refractivity contribution in [1.29, 1.82) is 5.26 Å². The molecule has 0 radical (unpaired) electrons. The summed E-state index contributed by atoms with van der Waals surface area (Å²) in [5.41, 5.74) is 2.45. The van der Waals surface area contributed by atoms with Crippen LogP contribution in [0.1, 0.15) is 24.0 Å². The maximum absolute atomic E-state index is 8.90. The second-order valence-corrected chi connectivity index (χ2v) is 5.44. The van der Waals surface area contributed by atoms with E-state index >= 15 is 0 Å². The Morgan fingerprint density at radius 2 is 2.39 bits per heavy atom. The van der Waals surface area contributed by atoms with E-state index in [2.05, 4.69) is 28.5 Å². The number of halogens is 1. The topological polar surface area (TPSA) is 39.1 Å². The van der Waals surface area contributed by atoms with Gasteiger partial charge in [0.25, 0.3) is 0 Å². The molecule has 3 nitrogen and oxygen atoms in total. The Kier molecular flexibility index (Phi) is 4.39. The summed E-state index contributed by atoms with van der Waals surface area (Å²) in [5.74, 6) is 0. The van der Waals surface area contributed by atoms with Crippen molar-refractivity contribution in [3.8, 4) is 6.07 Å². The number of benzene rings is 1. The fraction of sp³-hybridized carbons (Fsp3) is 0.462. The van der Waals surface area contributed by atoms with Crippen molar-refractivity contribution in [3.05, 3.63) is 28.3 Å². The highest BCUT2D eigenvalue weighted by atomic mass is 35.5. The van der Waals surface area contributed by atoms with Crippen LogP contribution in [0.5, 0.6) is 0 Å². The normalized spacial score (nSPS) is 19.8.